The molecule has 21 heavy (non-hydrogen) atoms. The second-order valence-electron chi connectivity index (χ2n) is 4.48. The summed E-state index contributed by atoms with van der Waals surface area (Å²) >= 11 is 0. The van der Waals surface area contributed by atoms with Crippen molar-refractivity contribution in [2.24, 2.45) is 0 Å². The SMILES string of the molecule is CCN(CCC(=O)OC)S(=O)(=O)c1cc(C)ccc1OC. The average molecular weight is 315 g/mol. The van der Waals surface area contributed by atoms with Gasteiger partial charge in [0.1, 0.15) is 10.6 Å². The molecule has 0 aromatic heterocycles. The van der Waals surface area contributed by atoms with E-state index in [1.54, 1.807) is 25.1 Å². The molecule has 0 atom stereocenters. The number of rotatable bonds is 7. The van der Waals surface area contributed by atoms with E-state index in [2.05, 4.69) is 4.74 Å². The zero-order valence-electron chi connectivity index (χ0n) is 12.8. The first-order valence-electron chi connectivity index (χ1n) is 6.58. The van der Waals surface area contributed by atoms with E-state index in [1.807, 2.05) is 6.92 Å². The molecule has 0 bridgehead atoms. The molecule has 0 aliphatic rings. The largest absolute Gasteiger partial charge is 0.495 e. The van der Waals surface area contributed by atoms with Gasteiger partial charge < -0.3 is 9.47 Å². The van der Waals surface area contributed by atoms with Crippen LogP contribution in [0.25, 0.3) is 0 Å². The van der Waals surface area contributed by atoms with E-state index in [4.69, 9.17) is 4.74 Å². The fraction of sp³-hybridized carbons (Fsp3) is 0.500. The van der Waals surface area contributed by atoms with Gasteiger partial charge in [0.15, 0.2) is 0 Å². The van der Waals surface area contributed by atoms with Crippen molar-refractivity contribution in [2.75, 3.05) is 27.3 Å². The molecule has 118 valence electrons. The van der Waals surface area contributed by atoms with Crippen LogP contribution in [0, 0.1) is 6.92 Å². The summed E-state index contributed by atoms with van der Waals surface area (Å²) in [5.74, 6) is -0.156. The minimum Gasteiger partial charge on any atom is -0.495 e. The maximum atomic E-state index is 12.7. The number of carbonyl (C=O) groups excluding carboxylic acids is 1. The quantitative estimate of drug-likeness (QED) is 0.714. The van der Waals surface area contributed by atoms with Gasteiger partial charge in [-0.2, -0.15) is 4.31 Å². The summed E-state index contributed by atoms with van der Waals surface area (Å²) in [5, 5.41) is 0. The Hall–Kier alpha value is -1.60. The zero-order chi connectivity index (χ0) is 16.0. The Morgan fingerprint density at radius 1 is 1.29 bits per heavy atom. The van der Waals surface area contributed by atoms with Gasteiger partial charge in [0.05, 0.1) is 20.6 Å². The Morgan fingerprint density at radius 2 is 1.95 bits per heavy atom. The van der Waals surface area contributed by atoms with Crippen LogP contribution >= 0.6 is 0 Å². The van der Waals surface area contributed by atoms with Gasteiger partial charge in [-0.25, -0.2) is 8.42 Å². The lowest BCUT2D eigenvalue weighted by atomic mass is 10.2. The number of methoxy groups -OCH3 is 2. The van der Waals surface area contributed by atoms with Crippen LogP contribution in [0.2, 0.25) is 0 Å². The maximum absolute atomic E-state index is 12.7. The number of esters is 1. The van der Waals surface area contributed by atoms with Crippen LogP contribution in [-0.4, -0.2) is 46.0 Å². The van der Waals surface area contributed by atoms with E-state index >= 15 is 0 Å². The van der Waals surface area contributed by atoms with Crippen LogP contribution in [0.1, 0.15) is 18.9 Å². The third-order valence-electron chi connectivity index (χ3n) is 3.08. The van der Waals surface area contributed by atoms with Crippen molar-refractivity contribution in [3.8, 4) is 5.75 Å². The summed E-state index contributed by atoms with van der Waals surface area (Å²) in [5.41, 5.74) is 0.818. The highest BCUT2D eigenvalue weighted by Crippen LogP contribution is 2.27. The van der Waals surface area contributed by atoms with Crippen LogP contribution in [0.5, 0.6) is 5.75 Å². The lowest BCUT2D eigenvalue weighted by Crippen LogP contribution is -2.33. The molecule has 0 saturated heterocycles. The number of sulfonamides is 1. The van der Waals surface area contributed by atoms with Gasteiger partial charge in [-0.15, -0.1) is 0 Å². The summed E-state index contributed by atoms with van der Waals surface area (Å²) in [4.78, 5) is 11.3. The number of hydrogen-bond donors (Lipinski definition) is 0. The molecule has 1 aromatic carbocycles. The predicted molar refractivity (Wildman–Crippen MR) is 78.8 cm³/mol. The molecule has 0 N–H and O–H groups in total. The van der Waals surface area contributed by atoms with Crippen LogP contribution in [0.15, 0.2) is 23.1 Å². The summed E-state index contributed by atoms with van der Waals surface area (Å²) in [6.45, 7) is 3.86. The Morgan fingerprint density at radius 3 is 2.48 bits per heavy atom. The van der Waals surface area contributed by atoms with Gasteiger partial charge in [-0.05, 0) is 24.6 Å². The molecule has 0 fully saturated rings. The molecule has 7 heteroatoms. The van der Waals surface area contributed by atoms with Gasteiger partial charge in [0.25, 0.3) is 0 Å². The Balaban J connectivity index is 3.12. The van der Waals surface area contributed by atoms with Gasteiger partial charge in [-0.3, -0.25) is 4.79 Å². The Labute approximate surface area is 125 Å². The van der Waals surface area contributed by atoms with Crippen molar-refractivity contribution in [1.29, 1.82) is 0 Å². The number of benzene rings is 1. The smallest absolute Gasteiger partial charge is 0.306 e. The molecule has 0 saturated carbocycles. The van der Waals surface area contributed by atoms with Crippen molar-refractivity contribution < 1.29 is 22.7 Å². The van der Waals surface area contributed by atoms with Gasteiger partial charge >= 0.3 is 5.97 Å². The monoisotopic (exact) mass is 315 g/mol. The second kappa shape index (κ2) is 7.42. The molecule has 0 aliphatic carbocycles. The predicted octanol–water partition coefficient (Wildman–Crippen LogP) is 1.58. The number of nitrogens with zero attached hydrogens (tertiary/aromatic N) is 1. The van der Waals surface area contributed by atoms with E-state index in [-0.39, 0.29) is 30.2 Å². The minimum atomic E-state index is -3.72. The van der Waals surface area contributed by atoms with Crippen molar-refractivity contribution in [3.05, 3.63) is 23.8 Å². The molecule has 0 unspecified atom stereocenters. The first kappa shape index (κ1) is 17.5. The van der Waals surface area contributed by atoms with Gasteiger partial charge in [0, 0.05) is 13.1 Å². The number of aryl methyl sites for hydroxylation is 1. The highest BCUT2D eigenvalue weighted by Gasteiger charge is 2.27. The number of carbonyl (C=O) groups is 1. The topological polar surface area (TPSA) is 72.9 Å². The molecule has 0 radical (unpaired) electrons. The zero-order valence-corrected chi connectivity index (χ0v) is 13.6. The van der Waals surface area contributed by atoms with Crippen LogP contribution in [-0.2, 0) is 19.6 Å². The van der Waals surface area contributed by atoms with Crippen LogP contribution in [0.3, 0.4) is 0 Å². The molecule has 0 amide bonds. The lowest BCUT2D eigenvalue weighted by molar-refractivity contribution is -0.140. The normalized spacial score (nSPS) is 11.5. The van der Waals surface area contributed by atoms with Gasteiger partial charge in [-0.1, -0.05) is 13.0 Å². The molecular weight excluding hydrogens is 294 g/mol. The average Bonchev–Trinajstić information content (AvgIpc) is 2.47. The fourth-order valence-electron chi connectivity index (χ4n) is 1.89. The molecule has 1 aromatic rings. The number of ether oxygens (including phenoxy) is 2. The van der Waals surface area contributed by atoms with Crippen LogP contribution in [0.4, 0.5) is 0 Å². The highest BCUT2D eigenvalue weighted by atomic mass is 32.2. The third kappa shape index (κ3) is 4.18. The Bertz CT molecular complexity index is 597. The highest BCUT2D eigenvalue weighted by molar-refractivity contribution is 7.89. The number of hydrogen-bond acceptors (Lipinski definition) is 5. The summed E-state index contributed by atoms with van der Waals surface area (Å²) in [6.07, 6.45) is 0.0116. The Kier molecular flexibility index (Phi) is 6.17. The minimum absolute atomic E-state index is 0.0116. The fourth-order valence-corrected chi connectivity index (χ4v) is 3.58. The van der Waals surface area contributed by atoms with Crippen LogP contribution < -0.4 is 4.74 Å². The van der Waals surface area contributed by atoms with E-state index < -0.39 is 16.0 Å². The van der Waals surface area contributed by atoms with Crippen molar-refractivity contribution in [1.82, 2.24) is 4.31 Å². The molecule has 0 aliphatic heterocycles. The van der Waals surface area contributed by atoms with Crippen molar-refractivity contribution >= 4 is 16.0 Å². The maximum Gasteiger partial charge on any atom is 0.306 e. The van der Waals surface area contributed by atoms with Gasteiger partial charge in [0.2, 0.25) is 10.0 Å². The third-order valence-corrected chi connectivity index (χ3v) is 5.08. The first-order chi connectivity index (χ1) is 9.86. The standard InChI is InChI=1S/C14H21NO5S/c1-5-15(9-8-14(16)20-4)21(17,18)13-10-11(2)6-7-12(13)19-3/h6-7,10H,5,8-9H2,1-4H3. The summed E-state index contributed by atoms with van der Waals surface area (Å²) in [6, 6.07) is 4.97. The molecule has 6 nitrogen and oxygen atoms in total. The van der Waals surface area contributed by atoms with Crippen molar-refractivity contribution in [3.63, 3.8) is 0 Å². The first-order valence-corrected chi connectivity index (χ1v) is 8.02. The second-order valence-corrected chi connectivity index (χ2v) is 6.38. The van der Waals surface area contributed by atoms with E-state index in [1.165, 1.54) is 18.5 Å². The molecule has 1 rings (SSSR count). The molecular formula is C14H21NO5S. The molecule has 0 heterocycles. The van der Waals surface area contributed by atoms with Crippen molar-refractivity contribution in [2.45, 2.75) is 25.2 Å². The van der Waals surface area contributed by atoms with E-state index in [9.17, 15) is 13.2 Å². The summed E-state index contributed by atoms with van der Waals surface area (Å²) < 4.78 is 36.3. The summed E-state index contributed by atoms with van der Waals surface area (Å²) in [7, 11) is -1.02. The lowest BCUT2D eigenvalue weighted by Gasteiger charge is -2.21. The van der Waals surface area contributed by atoms with E-state index in [0.717, 1.165) is 5.56 Å². The molecule has 0 spiro atoms. The van der Waals surface area contributed by atoms with E-state index in [0.29, 0.717) is 0 Å².